The Morgan fingerprint density at radius 1 is 1.57 bits per heavy atom. The van der Waals surface area contributed by atoms with E-state index in [4.69, 9.17) is 38.8 Å². The zero-order valence-corrected chi connectivity index (χ0v) is 8.69. The second-order valence-corrected chi connectivity index (χ2v) is 3.25. The quantitative estimate of drug-likeness (QED) is 0.772. The Hall–Kier alpha value is -1.13. The topological polar surface area (TPSA) is 72.5 Å². The lowest BCUT2D eigenvalue weighted by Gasteiger charge is -2.09. The SMILES string of the molecule is COc1cc(Cl)c(N)c(C(=O)O)c1Cl. The highest BCUT2D eigenvalue weighted by Crippen LogP contribution is 2.37. The molecule has 0 fully saturated rings. The van der Waals surface area contributed by atoms with E-state index in [1.54, 1.807) is 0 Å². The van der Waals surface area contributed by atoms with Gasteiger partial charge in [0, 0.05) is 6.07 Å². The smallest absolute Gasteiger partial charge is 0.339 e. The fourth-order valence-corrected chi connectivity index (χ4v) is 1.48. The maximum Gasteiger partial charge on any atom is 0.339 e. The molecule has 76 valence electrons. The van der Waals surface area contributed by atoms with Crippen molar-refractivity contribution in [3.05, 3.63) is 21.7 Å². The zero-order chi connectivity index (χ0) is 10.9. The van der Waals surface area contributed by atoms with Crippen molar-refractivity contribution in [1.29, 1.82) is 0 Å². The summed E-state index contributed by atoms with van der Waals surface area (Å²) in [6.07, 6.45) is 0. The lowest BCUT2D eigenvalue weighted by molar-refractivity contribution is 0.0698. The maximum atomic E-state index is 10.8. The van der Waals surface area contributed by atoms with Gasteiger partial charge in [-0.25, -0.2) is 4.79 Å². The molecule has 0 atom stereocenters. The van der Waals surface area contributed by atoms with Crippen LogP contribution in [-0.2, 0) is 0 Å². The number of aromatic carboxylic acids is 1. The third-order valence-electron chi connectivity index (χ3n) is 1.65. The molecule has 0 aliphatic heterocycles. The average Bonchev–Trinajstić information content (AvgIpc) is 2.11. The van der Waals surface area contributed by atoms with Gasteiger partial charge in [0.15, 0.2) is 0 Å². The summed E-state index contributed by atoms with van der Waals surface area (Å²) in [6.45, 7) is 0. The first kappa shape index (κ1) is 10.9. The predicted octanol–water partition coefficient (Wildman–Crippen LogP) is 2.28. The van der Waals surface area contributed by atoms with E-state index in [0.29, 0.717) is 0 Å². The number of carbonyl (C=O) groups is 1. The normalized spacial score (nSPS) is 9.93. The molecule has 0 aliphatic carbocycles. The number of carboxylic acid groups (broad SMARTS) is 1. The van der Waals surface area contributed by atoms with Crippen LogP contribution in [0.25, 0.3) is 0 Å². The second kappa shape index (κ2) is 3.94. The van der Waals surface area contributed by atoms with E-state index in [2.05, 4.69) is 0 Å². The van der Waals surface area contributed by atoms with Crippen LogP contribution in [0, 0.1) is 0 Å². The standard InChI is InChI=1S/C8H7Cl2NO3/c1-14-4-2-3(9)7(11)5(6(4)10)8(12)13/h2H,11H2,1H3,(H,12,13). The van der Waals surface area contributed by atoms with Crippen molar-refractivity contribution in [2.75, 3.05) is 12.8 Å². The molecule has 14 heavy (non-hydrogen) atoms. The maximum absolute atomic E-state index is 10.8. The van der Waals surface area contributed by atoms with Crippen molar-refractivity contribution in [2.24, 2.45) is 0 Å². The molecule has 0 aromatic heterocycles. The van der Waals surface area contributed by atoms with Gasteiger partial charge in [-0.15, -0.1) is 0 Å². The number of carboxylic acids is 1. The number of nitrogens with two attached hydrogens (primary N) is 1. The molecule has 0 heterocycles. The molecular weight excluding hydrogens is 229 g/mol. The summed E-state index contributed by atoms with van der Waals surface area (Å²) in [5.74, 6) is -1.06. The van der Waals surface area contributed by atoms with Crippen LogP contribution < -0.4 is 10.5 Å². The van der Waals surface area contributed by atoms with Gasteiger partial charge >= 0.3 is 5.97 Å². The number of nitrogen functional groups attached to an aromatic ring is 1. The predicted molar refractivity (Wildman–Crippen MR) is 54.4 cm³/mol. The highest BCUT2D eigenvalue weighted by atomic mass is 35.5. The van der Waals surface area contributed by atoms with Gasteiger partial charge in [-0.1, -0.05) is 23.2 Å². The van der Waals surface area contributed by atoms with Crippen molar-refractivity contribution in [1.82, 2.24) is 0 Å². The van der Waals surface area contributed by atoms with Crippen molar-refractivity contribution in [3.63, 3.8) is 0 Å². The van der Waals surface area contributed by atoms with E-state index >= 15 is 0 Å². The van der Waals surface area contributed by atoms with Gasteiger partial charge in [0.25, 0.3) is 0 Å². The number of methoxy groups -OCH3 is 1. The van der Waals surface area contributed by atoms with Crippen molar-refractivity contribution >= 4 is 34.9 Å². The third-order valence-corrected chi connectivity index (χ3v) is 2.34. The Balaban J connectivity index is 3.53. The molecule has 0 saturated carbocycles. The van der Waals surface area contributed by atoms with E-state index in [-0.39, 0.29) is 27.0 Å². The van der Waals surface area contributed by atoms with Crippen LogP contribution in [0.5, 0.6) is 5.75 Å². The van der Waals surface area contributed by atoms with Crippen LogP contribution in [-0.4, -0.2) is 18.2 Å². The molecule has 0 unspecified atom stereocenters. The summed E-state index contributed by atoms with van der Waals surface area (Å²) >= 11 is 11.4. The summed E-state index contributed by atoms with van der Waals surface area (Å²) in [5, 5.41) is 8.86. The number of anilines is 1. The van der Waals surface area contributed by atoms with Crippen LogP contribution in [0.4, 0.5) is 5.69 Å². The van der Waals surface area contributed by atoms with Gasteiger partial charge in [-0.3, -0.25) is 0 Å². The van der Waals surface area contributed by atoms with Gasteiger partial charge in [0.05, 0.1) is 22.8 Å². The molecule has 0 saturated heterocycles. The van der Waals surface area contributed by atoms with E-state index in [1.807, 2.05) is 0 Å². The Morgan fingerprint density at radius 2 is 2.14 bits per heavy atom. The Kier molecular flexibility index (Phi) is 3.08. The minimum Gasteiger partial charge on any atom is -0.495 e. The molecule has 3 N–H and O–H groups in total. The van der Waals surface area contributed by atoms with Crippen LogP contribution in [0.2, 0.25) is 10.0 Å². The molecule has 1 rings (SSSR count). The Morgan fingerprint density at radius 3 is 2.57 bits per heavy atom. The largest absolute Gasteiger partial charge is 0.495 e. The summed E-state index contributed by atoms with van der Waals surface area (Å²) in [5.41, 5.74) is 5.15. The van der Waals surface area contributed by atoms with Crippen LogP contribution in [0.3, 0.4) is 0 Å². The lowest BCUT2D eigenvalue weighted by Crippen LogP contribution is -2.05. The molecule has 1 aromatic carbocycles. The highest BCUT2D eigenvalue weighted by Gasteiger charge is 2.19. The molecular formula is C8H7Cl2NO3. The van der Waals surface area contributed by atoms with E-state index in [0.717, 1.165) is 0 Å². The number of hydrogen-bond donors (Lipinski definition) is 2. The van der Waals surface area contributed by atoms with Gasteiger partial charge in [0.1, 0.15) is 11.3 Å². The van der Waals surface area contributed by atoms with Crippen molar-refractivity contribution in [3.8, 4) is 5.75 Å². The number of ether oxygens (including phenoxy) is 1. The number of hydrogen-bond acceptors (Lipinski definition) is 3. The van der Waals surface area contributed by atoms with Crippen LogP contribution in [0.15, 0.2) is 6.07 Å². The first-order valence-corrected chi connectivity index (χ1v) is 4.29. The highest BCUT2D eigenvalue weighted by molar-refractivity contribution is 6.39. The number of benzene rings is 1. The lowest BCUT2D eigenvalue weighted by atomic mass is 10.1. The Labute approximate surface area is 90.2 Å². The number of halogens is 2. The van der Waals surface area contributed by atoms with E-state index in [1.165, 1.54) is 13.2 Å². The first-order chi connectivity index (χ1) is 6.49. The monoisotopic (exact) mass is 235 g/mol. The van der Waals surface area contributed by atoms with Gasteiger partial charge < -0.3 is 15.6 Å². The molecule has 1 aromatic rings. The fourth-order valence-electron chi connectivity index (χ4n) is 0.975. The summed E-state index contributed by atoms with van der Waals surface area (Å²) < 4.78 is 4.84. The molecule has 4 nitrogen and oxygen atoms in total. The zero-order valence-electron chi connectivity index (χ0n) is 7.17. The van der Waals surface area contributed by atoms with Gasteiger partial charge in [-0.05, 0) is 0 Å². The molecule has 6 heteroatoms. The molecule has 0 bridgehead atoms. The minimum absolute atomic E-state index is 0.0538. The molecule has 0 spiro atoms. The van der Waals surface area contributed by atoms with E-state index in [9.17, 15) is 4.79 Å². The van der Waals surface area contributed by atoms with Crippen LogP contribution >= 0.6 is 23.2 Å². The van der Waals surface area contributed by atoms with Crippen molar-refractivity contribution < 1.29 is 14.6 Å². The van der Waals surface area contributed by atoms with Crippen LogP contribution in [0.1, 0.15) is 10.4 Å². The first-order valence-electron chi connectivity index (χ1n) is 3.53. The summed E-state index contributed by atoms with van der Waals surface area (Å²) in [4.78, 5) is 10.8. The molecule has 0 amide bonds. The van der Waals surface area contributed by atoms with Gasteiger partial charge in [0.2, 0.25) is 0 Å². The number of rotatable bonds is 2. The fraction of sp³-hybridized carbons (Fsp3) is 0.125. The third kappa shape index (κ3) is 1.71. The molecule has 0 radical (unpaired) electrons. The summed E-state index contributed by atoms with van der Waals surface area (Å²) in [6, 6.07) is 1.37. The Bertz CT molecular complexity index is 393. The average molecular weight is 236 g/mol. The van der Waals surface area contributed by atoms with Gasteiger partial charge in [-0.2, -0.15) is 0 Å². The summed E-state index contributed by atoms with van der Waals surface area (Å²) in [7, 11) is 1.36. The molecule has 0 aliphatic rings. The van der Waals surface area contributed by atoms with Crippen molar-refractivity contribution in [2.45, 2.75) is 0 Å². The minimum atomic E-state index is -1.24. The second-order valence-electron chi connectivity index (χ2n) is 2.47. The van der Waals surface area contributed by atoms with E-state index < -0.39 is 5.97 Å².